The number of nitrogens with zero attached hydrogens (tertiary/aromatic N) is 6. The quantitative estimate of drug-likeness (QED) is 0.274. The van der Waals surface area contributed by atoms with Gasteiger partial charge in [-0.2, -0.15) is 9.97 Å². The van der Waals surface area contributed by atoms with E-state index in [4.69, 9.17) is 9.97 Å². The summed E-state index contributed by atoms with van der Waals surface area (Å²) < 4.78 is 0. The van der Waals surface area contributed by atoms with Gasteiger partial charge in [0.25, 0.3) is 0 Å². The zero-order valence-electron chi connectivity index (χ0n) is 23.9. The van der Waals surface area contributed by atoms with E-state index >= 15 is 0 Å². The van der Waals surface area contributed by atoms with Gasteiger partial charge in [0.05, 0.1) is 5.54 Å². The number of benzene rings is 3. The molecule has 3 aliphatic rings. The monoisotopic (exact) mass is 544 g/mol. The molecule has 0 unspecified atom stereocenters. The normalized spacial score (nSPS) is 18.3. The highest BCUT2D eigenvalue weighted by Crippen LogP contribution is 2.43. The van der Waals surface area contributed by atoms with Gasteiger partial charge in [0.1, 0.15) is 11.6 Å². The van der Waals surface area contributed by atoms with Crippen LogP contribution >= 0.6 is 0 Å². The van der Waals surface area contributed by atoms with E-state index in [0.29, 0.717) is 0 Å². The summed E-state index contributed by atoms with van der Waals surface area (Å²) in [5, 5.41) is 0. The highest BCUT2D eigenvalue weighted by molar-refractivity contribution is 5.57. The molecule has 0 radical (unpaired) electrons. The van der Waals surface area contributed by atoms with Crippen molar-refractivity contribution in [2.24, 2.45) is 0 Å². The van der Waals surface area contributed by atoms with E-state index in [0.717, 1.165) is 69.9 Å². The summed E-state index contributed by atoms with van der Waals surface area (Å²) in [6.45, 7) is 8.01. The predicted molar refractivity (Wildman–Crippen MR) is 168 cm³/mol. The SMILES string of the molecule is c1ccc(C(c2ccccc2)(c2ccccc2)N2CCN(c3cc(N4CCCC4)nc(N4CCCC4)n3)CC2)cc1. The molecule has 3 saturated heterocycles. The molecule has 0 saturated carbocycles. The highest BCUT2D eigenvalue weighted by atomic mass is 15.4. The Morgan fingerprint density at radius 1 is 0.439 bits per heavy atom. The first kappa shape index (κ1) is 26.0. The first-order chi connectivity index (χ1) is 20.3. The first-order valence-corrected chi connectivity index (χ1v) is 15.4. The van der Waals surface area contributed by atoms with E-state index in [1.54, 1.807) is 0 Å². The first-order valence-electron chi connectivity index (χ1n) is 15.4. The van der Waals surface area contributed by atoms with Crippen LogP contribution in [0.3, 0.4) is 0 Å². The van der Waals surface area contributed by atoms with Crippen LogP contribution in [0.2, 0.25) is 0 Å². The van der Waals surface area contributed by atoms with E-state index in [1.807, 2.05) is 0 Å². The average Bonchev–Trinajstić information content (AvgIpc) is 3.79. The van der Waals surface area contributed by atoms with Crippen LogP contribution in [-0.2, 0) is 5.54 Å². The Hall–Kier alpha value is -3.90. The Labute approximate surface area is 244 Å². The molecule has 0 atom stereocenters. The van der Waals surface area contributed by atoms with E-state index in [9.17, 15) is 0 Å². The van der Waals surface area contributed by atoms with Gasteiger partial charge in [-0.1, -0.05) is 91.0 Å². The molecule has 4 aromatic rings. The smallest absolute Gasteiger partial charge is 0.229 e. The van der Waals surface area contributed by atoms with Gasteiger partial charge in [0, 0.05) is 58.4 Å². The van der Waals surface area contributed by atoms with Crippen molar-refractivity contribution in [2.45, 2.75) is 31.2 Å². The van der Waals surface area contributed by atoms with Crippen molar-refractivity contribution in [3.05, 3.63) is 114 Å². The lowest BCUT2D eigenvalue weighted by molar-refractivity contribution is 0.147. The maximum atomic E-state index is 5.17. The fraction of sp³-hybridized carbons (Fsp3) is 0.371. The van der Waals surface area contributed by atoms with Crippen molar-refractivity contribution in [1.82, 2.24) is 14.9 Å². The molecule has 0 N–H and O–H groups in total. The lowest BCUT2D eigenvalue weighted by atomic mass is 9.75. The third-order valence-electron chi connectivity index (χ3n) is 9.16. The Morgan fingerprint density at radius 2 is 0.829 bits per heavy atom. The molecule has 0 aliphatic carbocycles. The summed E-state index contributed by atoms with van der Waals surface area (Å²) >= 11 is 0. The zero-order chi connectivity index (χ0) is 27.5. The fourth-order valence-electron chi connectivity index (χ4n) is 7.10. The number of hydrogen-bond acceptors (Lipinski definition) is 6. The molecule has 3 aromatic carbocycles. The molecular weight excluding hydrogens is 504 g/mol. The van der Waals surface area contributed by atoms with Crippen molar-refractivity contribution in [1.29, 1.82) is 0 Å². The molecule has 41 heavy (non-hydrogen) atoms. The molecule has 7 rings (SSSR count). The topological polar surface area (TPSA) is 38.7 Å². The summed E-state index contributed by atoms with van der Waals surface area (Å²) in [7, 11) is 0. The molecule has 6 nitrogen and oxygen atoms in total. The van der Waals surface area contributed by atoms with Crippen LogP contribution in [0, 0.1) is 0 Å². The maximum absolute atomic E-state index is 5.17. The largest absolute Gasteiger partial charge is 0.356 e. The average molecular weight is 545 g/mol. The summed E-state index contributed by atoms with van der Waals surface area (Å²) in [6.07, 6.45) is 4.95. The maximum Gasteiger partial charge on any atom is 0.229 e. The third-order valence-corrected chi connectivity index (χ3v) is 9.16. The van der Waals surface area contributed by atoms with Gasteiger partial charge in [-0.05, 0) is 42.4 Å². The summed E-state index contributed by atoms with van der Waals surface area (Å²) in [4.78, 5) is 20.2. The van der Waals surface area contributed by atoms with E-state index in [2.05, 4.69) is 117 Å². The molecule has 0 bridgehead atoms. The van der Waals surface area contributed by atoms with Crippen molar-refractivity contribution in [3.8, 4) is 0 Å². The predicted octanol–water partition coefficient (Wildman–Crippen LogP) is 5.79. The molecule has 3 aliphatic heterocycles. The van der Waals surface area contributed by atoms with E-state index in [-0.39, 0.29) is 5.54 Å². The summed E-state index contributed by atoms with van der Waals surface area (Å²) in [5.74, 6) is 3.09. The number of hydrogen-bond donors (Lipinski definition) is 0. The highest BCUT2D eigenvalue weighted by Gasteiger charge is 2.43. The van der Waals surface area contributed by atoms with Crippen LogP contribution < -0.4 is 14.7 Å². The molecule has 210 valence electrons. The molecule has 0 spiro atoms. The second kappa shape index (κ2) is 11.5. The van der Waals surface area contributed by atoms with Crippen LogP contribution in [0.5, 0.6) is 0 Å². The zero-order valence-corrected chi connectivity index (χ0v) is 23.9. The van der Waals surface area contributed by atoms with Gasteiger partial charge in [0.2, 0.25) is 5.95 Å². The minimum atomic E-state index is -0.372. The Bertz CT molecular complexity index is 1280. The van der Waals surface area contributed by atoms with Crippen LogP contribution in [0.15, 0.2) is 97.1 Å². The van der Waals surface area contributed by atoms with E-state index < -0.39 is 0 Å². The Morgan fingerprint density at radius 3 is 1.27 bits per heavy atom. The molecule has 0 amide bonds. The van der Waals surface area contributed by atoms with Gasteiger partial charge in [-0.15, -0.1) is 0 Å². The van der Waals surface area contributed by atoms with Crippen LogP contribution in [0.1, 0.15) is 42.4 Å². The molecule has 3 fully saturated rings. The summed E-state index contributed by atoms with van der Waals surface area (Å²) in [5.41, 5.74) is 3.55. The van der Waals surface area contributed by atoms with Crippen molar-refractivity contribution in [3.63, 3.8) is 0 Å². The second-order valence-corrected chi connectivity index (χ2v) is 11.6. The number of piperazine rings is 1. The standard InChI is InChI=1S/C35H40N6/c1-4-14-29(15-5-1)35(30-16-6-2-7-17-30,31-18-8-3-9-19-31)41-26-24-39(25-27-41)33-28-32(38-20-10-11-21-38)36-34(37-33)40-22-12-13-23-40/h1-9,14-19,28H,10-13,20-27H2. The molecule has 6 heteroatoms. The lowest BCUT2D eigenvalue weighted by Crippen LogP contribution is -2.56. The van der Waals surface area contributed by atoms with Gasteiger partial charge in [-0.25, -0.2) is 0 Å². The van der Waals surface area contributed by atoms with E-state index in [1.165, 1.54) is 42.4 Å². The summed E-state index contributed by atoms with van der Waals surface area (Å²) in [6, 6.07) is 35.4. The van der Waals surface area contributed by atoms with Gasteiger partial charge in [0.15, 0.2) is 0 Å². The van der Waals surface area contributed by atoms with Gasteiger partial charge >= 0.3 is 0 Å². The van der Waals surface area contributed by atoms with Crippen LogP contribution in [-0.4, -0.2) is 67.2 Å². The number of rotatable bonds is 7. The number of anilines is 3. The molecule has 4 heterocycles. The minimum Gasteiger partial charge on any atom is -0.356 e. The lowest BCUT2D eigenvalue weighted by Gasteiger charge is -2.49. The van der Waals surface area contributed by atoms with Gasteiger partial charge < -0.3 is 14.7 Å². The van der Waals surface area contributed by atoms with Crippen LogP contribution in [0.25, 0.3) is 0 Å². The fourth-order valence-corrected chi connectivity index (χ4v) is 7.10. The third kappa shape index (κ3) is 4.95. The van der Waals surface area contributed by atoms with Crippen molar-refractivity contribution in [2.75, 3.05) is 67.1 Å². The molecular formula is C35H40N6. The van der Waals surface area contributed by atoms with Crippen LogP contribution in [0.4, 0.5) is 17.6 Å². The van der Waals surface area contributed by atoms with Gasteiger partial charge in [-0.3, -0.25) is 4.90 Å². The minimum absolute atomic E-state index is 0.372. The Balaban J connectivity index is 1.24. The van der Waals surface area contributed by atoms with Crippen molar-refractivity contribution < 1.29 is 0 Å². The number of aromatic nitrogens is 2. The van der Waals surface area contributed by atoms with Crippen molar-refractivity contribution >= 4 is 17.6 Å². The Kier molecular flexibility index (Phi) is 7.32. The molecule has 1 aromatic heterocycles. The second-order valence-electron chi connectivity index (χ2n) is 11.6.